The van der Waals surface area contributed by atoms with Gasteiger partial charge in [-0.2, -0.15) is 5.26 Å². The van der Waals surface area contributed by atoms with Crippen molar-refractivity contribution < 1.29 is 18.9 Å². The van der Waals surface area contributed by atoms with E-state index in [2.05, 4.69) is 55.6 Å². The molecule has 0 amide bonds. The topological polar surface area (TPSA) is 163 Å². The molecule has 1 unspecified atom stereocenters. The van der Waals surface area contributed by atoms with Crippen molar-refractivity contribution in [2.45, 2.75) is 123 Å². The fraction of sp³-hybridized carbons (Fsp3) is 0.595. The minimum absolute atomic E-state index is 0.226. The first-order valence-electron chi connectivity index (χ1n) is 18.2. The standard InChI is InChI=1S/C37H51N11O4/c1-24-18-46(19-25(2)50-24)31-10-12-32(13-11-31)48-21-33(35(43-48)52-27(4)22-49-37(5,6)7)42-36-39-16-30(17-40-36)28-8-9-29(15-38)34(14-28)51-26(3)20-47-23-41-44-45-47/h8-9,14,16-17,21,23-27,31-32H,10-13,18-20,22H2,1-7H3,(H,39,40,42)/t24-,25+,26-,27?,31-,32-/m0/s1. The molecule has 1 aliphatic carbocycles. The molecule has 52 heavy (non-hydrogen) atoms. The molecule has 0 radical (unpaired) electrons. The third kappa shape index (κ3) is 9.81. The quantitative estimate of drug-likeness (QED) is 0.183. The number of hydrogen-bond donors (Lipinski definition) is 1. The van der Waals surface area contributed by atoms with Crippen LogP contribution in [0.4, 0.5) is 11.6 Å². The van der Waals surface area contributed by atoms with E-state index in [1.807, 2.05) is 57.6 Å². The van der Waals surface area contributed by atoms with Crippen molar-refractivity contribution in [3.8, 4) is 28.8 Å². The van der Waals surface area contributed by atoms with Crippen molar-refractivity contribution >= 4 is 11.6 Å². The van der Waals surface area contributed by atoms with Crippen molar-refractivity contribution in [3.63, 3.8) is 0 Å². The number of anilines is 2. The molecule has 1 aliphatic heterocycles. The minimum atomic E-state index is -0.280. The van der Waals surface area contributed by atoms with Crippen molar-refractivity contribution in [2.75, 3.05) is 25.0 Å². The van der Waals surface area contributed by atoms with E-state index in [1.165, 1.54) is 6.33 Å². The molecule has 2 fully saturated rings. The summed E-state index contributed by atoms with van der Waals surface area (Å²) < 4.78 is 28.1. The molecular weight excluding hydrogens is 662 g/mol. The Balaban J connectivity index is 1.15. The van der Waals surface area contributed by atoms with Crippen LogP contribution in [-0.2, 0) is 16.0 Å². The highest BCUT2D eigenvalue weighted by Gasteiger charge is 2.32. The maximum Gasteiger partial charge on any atom is 0.257 e. The van der Waals surface area contributed by atoms with Crippen LogP contribution in [-0.4, -0.2) is 101 Å². The van der Waals surface area contributed by atoms with Crippen molar-refractivity contribution in [1.29, 1.82) is 5.26 Å². The van der Waals surface area contributed by atoms with Gasteiger partial charge in [0.15, 0.2) is 0 Å². The maximum atomic E-state index is 9.71. The molecule has 0 spiro atoms. The number of nitrogens with one attached hydrogen (secondary N) is 1. The van der Waals surface area contributed by atoms with E-state index in [-0.39, 0.29) is 36.1 Å². The third-order valence-corrected chi connectivity index (χ3v) is 9.26. The van der Waals surface area contributed by atoms with Gasteiger partial charge in [0.2, 0.25) is 5.95 Å². The van der Waals surface area contributed by atoms with Gasteiger partial charge in [-0.3, -0.25) is 9.58 Å². The predicted octanol–water partition coefficient (Wildman–Crippen LogP) is 5.58. The molecule has 3 aromatic heterocycles. The van der Waals surface area contributed by atoms with Crippen LogP contribution in [0, 0.1) is 11.3 Å². The van der Waals surface area contributed by atoms with Crippen LogP contribution in [0.25, 0.3) is 11.1 Å². The molecule has 278 valence electrons. The van der Waals surface area contributed by atoms with E-state index < -0.39 is 0 Å². The number of nitriles is 1. The van der Waals surface area contributed by atoms with E-state index in [0.29, 0.717) is 48.0 Å². The summed E-state index contributed by atoms with van der Waals surface area (Å²) in [5.74, 6) is 1.36. The minimum Gasteiger partial charge on any atom is -0.487 e. The smallest absolute Gasteiger partial charge is 0.257 e. The zero-order valence-electron chi connectivity index (χ0n) is 31.3. The van der Waals surface area contributed by atoms with Crippen molar-refractivity contribution in [2.24, 2.45) is 0 Å². The zero-order chi connectivity index (χ0) is 36.8. The molecule has 15 nitrogen and oxygen atoms in total. The lowest BCUT2D eigenvalue weighted by atomic mass is 9.89. The summed E-state index contributed by atoms with van der Waals surface area (Å²) in [6.45, 7) is 17.1. The second kappa shape index (κ2) is 16.4. The van der Waals surface area contributed by atoms with E-state index in [9.17, 15) is 5.26 Å². The number of hydrogen-bond acceptors (Lipinski definition) is 13. The second-order valence-corrected chi connectivity index (χ2v) is 15.1. The Morgan fingerprint density at radius 2 is 1.69 bits per heavy atom. The molecule has 4 heterocycles. The summed E-state index contributed by atoms with van der Waals surface area (Å²) in [7, 11) is 0. The number of morpholine rings is 1. The van der Waals surface area contributed by atoms with Crippen LogP contribution < -0.4 is 14.8 Å². The van der Waals surface area contributed by atoms with Crippen LogP contribution in [0.1, 0.15) is 85.8 Å². The number of nitrogens with zero attached hydrogens (tertiary/aromatic N) is 10. The monoisotopic (exact) mass is 713 g/mol. The molecule has 1 aromatic carbocycles. The predicted molar refractivity (Wildman–Crippen MR) is 194 cm³/mol. The Kier molecular flexibility index (Phi) is 11.7. The summed E-state index contributed by atoms with van der Waals surface area (Å²) in [5.41, 5.74) is 2.43. The maximum absolute atomic E-state index is 9.71. The number of ether oxygens (including phenoxy) is 4. The van der Waals surface area contributed by atoms with Crippen molar-refractivity contribution in [3.05, 3.63) is 48.7 Å². The van der Waals surface area contributed by atoms with Crippen LogP contribution in [0.3, 0.4) is 0 Å². The fourth-order valence-electron chi connectivity index (χ4n) is 6.87. The zero-order valence-corrected chi connectivity index (χ0v) is 31.3. The van der Waals surface area contributed by atoms with Gasteiger partial charge in [0.1, 0.15) is 36.0 Å². The number of rotatable bonds is 13. The van der Waals surface area contributed by atoms with Crippen LogP contribution >= 0.6 is 0 Å². The Morgan fingerprint density at radius 1 is 0.981 bits per heavy atom. The molecule has 0 bridgehead atoms. The molecule has 2 aliphatic rings. The lowest BCUT2D eigenvalue weighted by molar-refractivity contribution is -0.0852. The van der Waals surface area contributed by atoms with Gasteiger partial charge in [0.05, 0.1) is 48.8 Å². The van der Waals surface area contributed by atoms with Gasteiger partial charge in [-0.05, 0) is 102 Å². The number of tetrazole rings is 1. The third-order valence-electron chi connectivity index (χ3n) is 9.26. The highest BCUT2D eigenvalue weighted by Crippen LogP contribution is 2.36. The molecule has 1 saturated heterocycles. The average molecular weight is 714 g/mol. The molecule has 1 N–H and O–H groups in total. The molecule has 15 heteroatoms. The van der Waals surface area contributed by atoms with Crippen LogP contribution in [0.15, 0.2) is 43.1 Å². The number of aromatic nitrogens is 8. The molecule has 6 rings (SSSR count). The summed E-state index contributed by atoms with van der Waals surface area (Å²) >= 11 is 0. The lowest BCUT2D eigenvalue weighted by Crippen LogP contribution is -2.51. The summed E-state index contributed by atoms with van der Waals surface area (Å²) in [6, 6.07) is 8.45. The summed E-state index contributed by atoms with van der Waals surface area (Å²) in [6.07, 6.45) is 11.3. The Morgan fingerprint density at radius 3 is 2.35 bits per heavy atom. The van der Waals surface area contributed by atoms with E-state index in [1.54, 1.807) is 23.1 Å². The van der Waals surface area contributed by atoms with Crippen LogP contribution in [0.2, 0.25) is 0 Å². The van der Waals surface area contributed by atoms with Crippen molar-refractivity contribution in [1.82, 2.24) is 44.9 Å². The highest BCUT2D eigenvalue weighted by atomic mass is 16.5. The summed E-state index contributed by atoms with van der Waals surface area (Å²) in [4.78, 5) is 11.9. The molecular formula is C37H51N11O4. The Bertz CT molecular complexity index is 1770. The summed E-state index contributed by atoms with van der Waals surface area (Å²) in [5, 5.41) is 29.2. The second-order valence-electron chi connectivity index (χ2n) is 15.1. The van der Waals surface area contributed by atoms with E-state index >= 15 is 0 Å². The lowest BCUT2D eigenvalue weighted by Gasteiger charge is -2.42. The molecule has 1 saturated carbocycles. The number of benzene rings is 1. The van der Waals surface area contributed by atoms with E-state index in [0.717, 1.165) is 49.9 Å². The van der Waals surface area contributed by atoms with Gasteiger partial charge < -0.3 is 24.3 Å². The van der Waals surface area contributed by atoms with Gasteiger partial charge in [0, 0.05) is 37.1 Å². The normalized spacial score (nSPS) is 22.3. The fourth-order valence-corrected chi connectivity index (χ4v) is 6.87. The average Bonchev–Trinajstić information content (AvgIpc) is 3.77. The Hall–Kier alpha value is -4.65. The van der Waals surface area contributed by atoms with E-state index in [4.69, 9.17) is 24.0 Å². The first-order valence-corrected chi connectivity index (χ1v) is 18.2. The van der Waals surface area contributed by atoms with Gasteiger partial charge in [0.25, 0.3) is 5.88 Å². The van der Waals surface area contributed by atoms with Gasteiger partial charge in [-0.1, -0.05) is 6.07 Å². The highest BCUT2D eigenvalue weighted by molar-refractivity contribution is 5.67. The Labute approximate surface area is 305 Å². The van der Waals surface area contributed by atoms with Gasteiger partial charge in [-0.25, -0.2) is 14.6 Å². The van der Waals surface area contributed by atoms with Gasteiger partial charge >= 0.3 is 0 Å². The first kappa shape index (κ1) is 37.1. The molecule has 4 aromatic rings. The molecule has 4 atom stereocenters. The largest absolute Gasteiger partial charge is 0.487 e. The first-order chi connectivity index (χ1) is 24.9. The van der Waals surface area contributed by atoms with Gasteiger partial charge in [-0.15, -0.1) is 10.2 Å². The SMILES string of the molecule is CC(COC(C)(C)C)Oc1nn([C@H]2CC[C@H](N3C[C@@H](C)O[C@@H](C)C3)CC2)cc1Nc1ncc(-c2ccc(C#N)c(O[C@@H](C)Cn3cnnn3)c2)cn1. The van der Waals surface area contributed by atoms with Crippen LogP contribution in [0.5, 0.6) is 11.6 Å².